The number of nitrogens with one attached hydrogen (secondary N) is 1. The van der Waals surface area contributed by atoms with Gasteiger partial charge in [0.1, 0.15) is 0 Å². The fraction of sp³-hybridized carbons (Fsp3) is 0.600. The molecule has 2 rings (SSSR count). The predicted octanol–water partition coefficient (Wildman–Crippen LogP) is 4.17. The molecule has 1 aromatic rings. The molecule has 0 radical (unpaired) electrons. The summed E-state index contributed by atoms with van der Waals surface area (Å²) in [5, 5.41) is 3.53. The molecule has 1 fully saturated rings. The van der Waals surface area contributed by atoms with Crippen LogP contribution in [0.2, 0.25) is 0 Å². The quantitative estimate of drug-likeness (QED) is 0.851. The van der Waals surface area contributed by atoms with Crippen LogP contribution in [0.4, 0.5) is 13.2 Å². The zero-order valence-electron chi connectivity index (χ0n) is 11.2. The van der Waals surface area contributed by atoms with Gasteiger partial charge in [-0.25, -0.2) is 0 Å². The summed E-state index contributed by atoms with van der Waals surface area (Å²) in [6.45, 7) is 3.16. The number of hydrogen-bond donors (Lipinski definition) is 1. The van der Waals surface area contributed by atoms with E-state index in [1.165, 1.54) is 31.4 Å². The van der Waals surface area contributed by atoms with E-state index in [2.05, 4.69) is 12.2 Å². The Kier molecular flexibility index (Phi) is 4.19. The maximum absolute atomic E-state index is 12.5. The van der Waals surface area contributed by atoms with Crippen molar-refractivity contribution in [3.8, 4) is 0 Å². The second kappa shape index (κ2) is 5.53. The van der Waals surface area contributed by atoms with Gasteiger partial charge in [0.15, 0.2) is 0 Å². The molecule has 19 heavy (non-hydrogen) atoms. The van der Waals surface area contributed by atoms with Crippen LogP contribution >= 0.6 is 0 Å². The van der Waals surface area contributed by atoms with Crippen molar-refractivity contribution in [1.29, 1.82) is 0 Å². The molecule has 1 aliphatic rings. The monoisotopic (exact) mass is 271 g/mol. The number of rotatable bonds is 2. The van der Waals surface area contributed by atoms with Crippen LogP contribution in [-0.4, -0.2) is 12.1 Å². The van der Waals surface area contributed by atoms with E-state index in [1.807, 2.05) is 0 Å². The third-order valence-corrected chi connectivity index (χ3v) is 3.83. The van der Waals surface area contributed by atoms with Gasteiger partial charge in [0.2, 0.25) is 0 Å². The minimum atomic E-state index is -4.25. The maximum Gasteiger partial charge on any atom is 0.416 e. The van der Waals surface area contributed by atoms with Crippen molar-refractivity contribution in [2.24, 2.45) is 0 Å². The first kappa shape index (κ1) is 14.4. The van der Waals surface area contributed by atoms with Crippen LogP contribution in [0.15, 0.2) is 24.3 Å². The fourth-order valence-electron chi connectivity index (χ4n) is 2.71. The molecular weight excluding hydrogens is 251 g/mol. The van der Waals surface area contributed by atoms with Crippen molar-refractivity contribution >= 4 is 0 Å². The second-order valence-corrected chi connectivity index (χ2v) is 5.67. The minimum Gasteiger partial charge on any atom is -0.311 e. The molecule has 1 aliphatic heterocycles. The van der Waals surface area contributed by atoms with Gasteiger partial charge in [-0.3, -0.25) is 0 Å². The molecule has 0 aliphatic carbocycles. The molecular formula is C15H20F3N. The average Bonchev–Trinajstić information content (AvgIpc) is 2.53. The Morgan fingerprint density at radius 2 is 1.79 bits per heavy atom. The summed E-state index contributed by atoms with van der Waals surface area (Å²) in [4.78, 5) is 0. The highest BCUT2D eigenvalue weighted by molar-refractivity contribution is 5.26. The van der Waals surface area contributed by atoms with Crippen LogP contribution < -0.4 is 5.32 Å². The fourth-order valence-corrected chi connectivity index (χ4v) is 2.71. The summed E-state index contributed by atoms with van der Waals surface area (Å²) in [6, 6.07) is 5.55. The highest BCUT2D eigenvalue weighted by Gasteiger charge is 2.30. The summed E-state index contributed by atoms with van der Waals surface area (Å²) in [7, 11) is 0. The SMILES string of the molecule is CC1(Cc2ccc(C(F)(F)F)cc2)CCCCCN1. The maximum atomic E-state index is 12.5. The summed E-state index contributed by atoms with van der Waals surface area (Å²) in [5.74, 6) is 0. The zero-order valence-corrected chi connectivity index (χ0v) is 11.2. The van der Waals surface area contributed by atoms with E-state index in [1.54, 1.807) is 12.1 Å². The Balaban J connectivity index is 2.06. The molecule has 0 bridgehead atoms. The van der Waals surface area contributed by atoms with Gasteiger partial charge in [0.05, 0.1) is 5.56 Å². The van der Waals surface area contributed by atoms with Crippen LogP contribution in [0.25, 0.3) is 0 Å². The van der Waals surface area contributed by atoms with Gasteiger partial charge >= 0.3 is 6.18 Å². The number of benzene rings is 1. The smallest absolute Gasteiger partial charge is 0.311 e. The normalized spacial score (nSPS) is 25.1. The standard InChI is InChI=1S/C15H20F3N/c1-14(9-3-2-4-10-19-14)11-12-5-7-13(8-6-12)15(16,17)18/h5-8,19H,2-4,9-11H2,1H3. The highest BCUT2D eigenvalue weighted by Crippen LogP contribution is 2.30. The van der Waals surface area contributed by atoms with E-state index in [-0.39, 0.29) is 5.54 Å². The Bertz CT molecular complexity index is 400. The lowest BCUT2D eigenvalue weighted by atomic mass is 9.88. The molecule has 0 aromatic heterocycles. The largest absolute Gasteiger partial charge is 0.416 e. The molecule has 0 amide bonds. The minimum absolute atomic E-state index is 0.0102. The molecule has 1 unspecified atom stereocenters. The first-order valence-corrected chi connectivity index (χ1v) is 6.80. The molecule has 1 N–H and O–H groups in total. The van der Waals surface area contributed by atoms with Crippen molar-refractivity contribution in [2.75, 3.05) is 6.54 Å². The van der Waals surface area contributed by atoms with E-state index in [4.69, 9.17) is 0 Å². The van der Waals surface area contributed by atoms with Crippen LogP contribution in [0, 0.1) is 0 Å². The lowest BCUT2D eigenvalue weighted by Gasteiger charge is -2.29. The zero-order chi connectivity index (χ0) is 13.9. The number of hydrogen-bond acceptors (Lipinski definition) is 1. The number of halogens is 3. The third-order valence-electron chi connectivity index (χ3n) is 3.83. The summed E-state index contributed by atoms with van der Waals surface area (Å²) in [5.41, 5.74) is 0.399. The Morgan fingerprint density at radius 1 is 1.11 bits per heavy atom. The first-order valence-electron chi connectivity index (χ1n) is 6.80. The van der Waals surface area contributed by atoms with E-state index < -0.39 is 11.7 Å². The van der Waals surface area contributed by atoms with Crippen LogP contribution in [0.3, 0.4) is 0 Å². The van der Waals surface area contributed by atoms with Gasteiger partial charge in [0.25, 0.3) is 0 Å². The van der Waals surface area contributed by atoms with Crippen molar-refractivity contribution in [3.05, 3.63) is 35.4 Å². The summed E-state index contributed by atoms with van der Waals surface area (Å²) >= 11 is 0. The summed E-state index contributed by atoms with van der Waals surface area (Å²) in [6.07, 6.45) is 1.21. The highest BCUT2D eigenvalue weighted by atomic mass is 19.4. The molecule has 0 saturated carbocycles. The van der Waals surface area contributed by atoms with E-state index >= 15 is 0 Å². The molecule has 1 aromatic carbocycles. The van der Waals surface area contributed by atoms with Gasteiger partial charge in [-0.05, 0) is 50.4 Å². The van der Waals surface area contributed by atoms with E-state index in [0.717, 1.165) is 24.9 Å². The molecule has 0 spiro atoms. The van der Waals surface area contributed by atoms with Gasteiger partial charge in [0, 0.05) is 5.54 Å². The number of alkyl halides is 3. The van der Waals surface area contributed by atoms with Crippen molar-refractivity contribution in [1.82, 2.24) is 5.32 Å². The Morgan fingerprint density at radius 3 is 2.42 bits per heavy atom. The van der Waals surface area contributed by atoms with Crippen molar-refractivity contribution < 1.29 is 13.2 Å². The average molecular weight is 271 g/mol. The third kappa shape index (κ3) is 3.96. The van der Waals surface area contributed by atoms with Crippen molar-refractivity contribution in [2.45, 2.75) is 50.7 Å². The lowest BCUT2D eigenvalue weighted by molar-refractivity contribution is -0.137. The predicted molar refractivity (Wildman–Crippen MR) is 70.0 cm³/mol. The van der Waals surface area contributed by atoms with Gasteiger partial charge < -0.3 is 5.32 Å². The Labute approximate surface area is 112 Å². The summed E-state index contributed by atoms with van der Waals surface area (Å²) < 4.78 is 37.5. The van der Waals surface area contributed by atoms with E-state index in [0.29, 0.717) is 0 Å². The van der Waals surface area contributed by atoms with Gasteiger partial charge in [-0.1, -0.05) is 25.0 Å². The van der Waals surface area contributed by atoms with Crippen LogP contribution in [-0.2, 0) is 12.6 Å². The lowest BCUT2D eigenvalue weighted by Crippen LogP contribution is -2.43. The van der Waals surface area contributed by atoms with Gasteiger partial charge in [-0.15, -0.1) is 0 Å². The molecule has 1 atom stereocenters. The molecule has 1 saturated heterocycles. The van der Waals surface area contributed by atoms with Crippen LogP contribution in [0.1, 0.15) is 43.7 Å². The Hall–Kier alpha value is -1.03. The van der Waals surface area contributed by atoms with E-state index in [9.17, 15) is 13.2 Å². The molecule has 1 nitrogen and oxygen atoms in total. The molecule has 4 heteroatoms. The van der Waals surface area contributed by atoms with Crippen LogP contribution in [0.5, 0.6) is 0 Å². The van der Waals surface area contributed by atoms with Crippen molar-refractivity contribution in [3.63, 3.8) is 0 Å². The second-order valence-electron chi connectivity index (χ2n) is 5.67. The molecule has 1 heterocycles. The van der Waals surface area contributed by atoms with Gasteiger partial charge in [-0.2, -0.15) is 13.2 Å². The molecule has 106 valence electrons. The topological polar surface area (TPSA) is 12.0 Å². The first-order chi connectivity index (χ1) is 8.89.